The fraction of sp³-hybridized carbons (Fsp3) is 0.350. The van der Waals surface area contributed by atoms with Gasteiger partial charge in [-0.3, -0.25) is 4.79 Å². The predicted octanol–water partition coefficient (Wildman–Crippen LogP) is 3.85. The Balaban J connectivity index is 1.76. The van der Waals surface area contributed by atoms with Crippen LogP contribution in [-0.4, -0.2) is 15.8 Å². The van der Waals surface area contributed by atoms with Crippen molar-refractivity contribution in [1.29, 1.82) is 0 Å². The van der Waals surface area contributed by atoms with Crippen LogP contribution in [0.15, 0.2) is 30.3 Å². The van der Waals surface area contributed by atoms with E-state index in [9.17, 15) is 4.79 Å². The van der Waals surface area contributed by atoms with Crippen molar-refractivity contribution in [2.24, 2.45) is 0 Å². The highest BCUT2D eigenvalue weighted by atomic mass is 16.1. The molecule has 0 spiro atoms. The highest BCUT2D eigenvalue weighted by Gasteiger charge is 2.31. The molecule has 1 heterocycles. The summed E-state index contributed by atoms with van der Waals surface area (Å²) in [5.74, 6) is 0.553. The highest BCUT2D eigenvalue weighted by Crippen LogP contribution is 2.38. The Morgan fingerprint density at radius 3 is 2.79 bits per heavy atom. The van der Waals surface area contributed by atoms with Crippen LogP contribution < -0.4 is 5.73 Å². The second kappa shape index (κ2) is 5.86. The standard InChI is InChI=1S/C20H21N3O/c1-12-19-17(23-20(21)22-12)10-14(11-18(19)24)16-9-5-4-8-15(16)13-6-2-3-7-13/h4-6,8-9,14H,2-3,7,10-11H2,1H3,(H2,21,22,23). The molecular weight excluding hydrogens is 298 g/mol. The Morgan fingerprint density at radius 2 is 2.00 bits per heavy atom. The number of anilines is 1. The number of fused-ring (bicyclic) bond motifs is 1. The average molecular weight is 319 g/mol. The molecular formula is C20H21N3O. The van der Waals surface area contributed by atoms with E-state index >= 15 is 0 Å². The zero-order valence-corrected chi connectivity index (χ0v) is 13.9. The number of hydrogen-bond acceptors (Lipinski definition) is 4. The third-order valence-corrected chi connectivity index (χ3v) is 5.12. The maximum Gasteiger partial charge on any atom is 0.220 e. The molecule has 122 valence electrons. The van der Waals surface area contributed by atoms with Gasteiger partial charge in [-0.1, -0.05) is 30.3 Å². The number of aryl methyl sites for hydroxylation is 1. The van der Waals surface area contributed by atoms with Gasteiger partial charge in [-0.05, 0) is 55.2 Å². The molecule has 2 aliphatic rings. The molecule has 4 heteroatoms. The quantitative estimate of drug-likeness (QED) is 0.913. The van der Waals surface area contributed by atoms with Crippen molar-refractivity contribution >= 4 is 17.3 Å². The molecule has 2 N–H and O–H groups in total. The fourth-order valence-electron chi connectivity index (χ4n) is 4.08. The number of hydrogen-bond donors (Lipinski definition) is 1. The lowest BCUT2D eigenvalue weighted by Gasteiger charge is -2.26. The number of nitrogens with two attached hydrogens (primary N) is 1. The molecule has 0 aliphatic heterocycles. The number of aromatic nitrogens is 2. The van der Waals surface area contributed by atoms with Crippen molar-refractivity contribution in [1.82, 2.24) is 9.97 Å². The first kappa shape index (κ1) is 15.1. The number of ketones is 1. The minimum atomic E-state index is 0.133. The number of benzene rings is 1. The number of nitrogen functional groups attached to an aromatic ring is 1. The zero-order valence-electron chi connectivity index (χ0n) is 13.9. The van der Waals surface area contributed by atoms with E-state index in [0.717, 1.165) is 25.0 Å². The molecule has 2 aliphatic carbocycles. The lowest BCUT2D eigenvalue weighted by Crippen LogP contribution is -2.23. The summed E-state index contributed by atoms with van der Waals surface area (Å²) < 4.78 is 0. The summed E-state index contributed by atoms with van der Waals surface area (Å²) in [6.45, 7) is 1.84. The molecule has 1 aromatic carbocycles. The van der Waals surface area contributed by atoms with Gasteiger partial charge in [-0.15, -0.1) is 0 Å². The van der Waals surface area contributed by atoms with E-state index in [-0.39, 0.29) is 17.6 Å². The third kappa shape index (κ3) is 2.52. The minimum absolute atomic E-state index is 0.133. The van der Waals surface area contributed by atoms with E-state index < -0.39 is 0 Å². The van der Waals surface area contributed by atoms with E-state index in [1.165, 1.54) is 23.1 Å². The van der Waals surface area contributed by atoms with Gasteiger partial charge >= 0.3 is 0 Å². The molecule has 1 aromatic heterocycles. The van der Waals surface area contributed by atoms with Gasteiger partial charge in [-0.25, -0.2) is 9.97 Å². The van der Waals surface area contributed by atoms with Gasteiger partial charge in [0, 0.05) is 6.42 Å². The maximum absolute atomic E-state index is 12.7. The predicted molar refractivity (Wildman–Crippen MR) is 94.8 cm³/mol. The molecule has 0 radical (unpaired) electrons. The molecule has 0 amide bonds. The van der Waals surface area contributed by atoms with Gasteiger partial charge in [0.05, 0.1) is 17.0 Å². The zero-order chi connectivity index (χ0) is 16.7. The molecule has 2 aromatic rings. The largest absolute Gasteiger partial charge is 0.368 e. The lowest BCUT2D eigenvalue weighted by atomic mass is 9.78. The molecule has 0 fully saturated rings. The summed E-state index contributed by atoms with van der Waals surface area (Å²) in [5.41, 5.74) is 12.0. The number of Topliss-reactive ketones (excluding diaryl/α,β-unsaturated/α-hetero) is 1. The Labute approximate surface area is 141 Å². The molecule has 0 bridgehead atoms. The van der Waals surface area contributed by atoms with Crippen molar-refractivity contribution in [3.05, 3.63) is 58.4 Å². The molecule has 0 saturated heterocycles. The topological polar surface area (TPSA) is 68.9 Å². The summed E-state index contributed by atoms with van der Waals surface area (Å²) in [5, 5.41) is 0. The van der Waals surface area contributed by atoms with E-state index in [2.05, 4.69) is 40.3 Å². The van der Waals surface area contributed by atoms with Crippen molar-refractivity contribution in [2.45, 2.75) is 44.9 Å². The van der Waals surface area contributed by atoms with Gasteiger partial charge in [-0.2, -0.15) is 0 Å². The summed E-state index contributed by atoms with van der Waals surface area (Å²) in [4.78, 5) is 21.2. The van der Waals surface area contributed by atoms with Crippen molar-refractivity contribution in [2.75, 3.05) is 5.73 Å². The van der Waals surface area contributed by atoms with Gasteiger partial charge in [0.15, 0.2) is 5.78 Å². The maximum atomic E-state index is 12.7. The summed E-state index contributed by atoms with van der Waals surface area (Å²) >= 11 is 0. The summed E-state index contributed by atoms with van der Waals surface area (Å²) in [6, 6.07) is 8.50. The van der Waals surface area contributed by atoms with Gasteiger partial charge in [0.2, 0.25) is 5.95 Å². The van der Waals surface area contributed by atoms with Crippen LogP contribution in [0.2, 0.25) is 0 Å². The molecule has 1 atom stereocenters. The second-order valence-corrected chi connectivity index (χ2v) is 6.73. The molecule has 4 rings (SSSR count). The number of carbonyl (C=O) groups is 1. The number of carbonyl (C=O) groups excluding carboxylic acids is 1. The van der Waals surface area contributed by atoms with Crippen LogP contribution in [0.5, 0.6) is 0 Å². The van der Waals surface area contributed by atoms with Crippen LogP contribution in [0.25, 0.3) is 5.57 Å². The van der Waals surface area contributed by atoms with E-state index in [4.69, 9.17) is 5.73 Å². The first-order valence-corrected chi connectivity index (χ1v) is 8.58. The Bertz CT molecular complexity index is 854. The van der Waals surface area contributed by atoms with Gasteiger partial charge in [0.25, 0.3) is 0 Å². The van der Waals surface area contributed by atoms with E-state index in [1.807, 2.05) is 6.92 Å². The SMILES string of the molecule is Cc1nc(N)nc2c1C(=O)CC(c1ccccc1C1=CCCC1)C2. The third-order valence-electron chi connectivity index (χ3n) is 5.12. The van der Waals surface area contributed by atoms with Crippen LogP contribution in [0.1, 0.15) is 64.5 Å². The Hall–Kier alpha value is -2.49. The van der Waals surface area contributed by atoms with Crippen LogP contribution in [0.3, 0.4) is 0 Å². The van der Waals surface area contributed by atoms with Crippen molar-refractivity contribution < 1.29 is 4.79 Å². The average Bonchev–Trinajstić information content (AvgIpc) is 3.08. The first-order chi connectivity index (χ1) is 11.6. The van der Waals surface area contributed by atoms with Crippen LogP contribution in [-0.2, 0) is 6.42 Å². The molecule has 0 saturated carbocycles. The summed E-state index contributed by atoms with van der Waals surface area (Å²) in [6.07, 6.45) is 7.10. The number of rotatable bonds is 2. The van der Waals surface area contributed by atoms with Crippen molar-refractivity contribution in [3.63, 3.8) is 0 Å². The minimum Gasteiger partial charge on any atom is -0.368 e. The van der Waals surface area contributed by atoms with Crippen molar-refractivity contribution in [3.8, 4) is 0 Å². The molecule has 4 nitrogen and oxygen atoms in total. The monoisotopic (exact) mass is 319 g/mol. The summed E-state index contributed by atoms with van der Waals surface area (Å²) in [7, 11) is 0. The lowest BCUT2D eigenvalue weighted by molar-refractivity contribution is 0.0962. The normalized spacial score (nSPS) is 20.0. The number of nitrogens with zero attached hydrogens (tertiary/aromatic N) is 2. The van der Waals surface area contributed by atoms with Gasteiger partial charge in [0.1, 0.15) is 0 Å². The second-order valence-electron chi connectivity index (χ2n) is 6.73. The van der Waals surface area contributed by atoms with Crippen LogP contribution in [0, 0.1) is 6.92 Å². The van der Waals surface area contributed by atoms with Gasteiger partial charge < -0.3 is 5.73 Å². The smallest absolute Gasteiger partial charge is 0.220 e. The first-order valence-electron chi connectivity index (χ1n) is 8.58. The van der Waals surface area contributed by atoms with Crippen LogP contribution in [0.4, 0.5) is 5.95 Å². The number of allylic oxidation sites excluding steroid dienone is 2. The molecule has 24 heavy (non-hydrogen) atoms. The van der Waals surface area contributed by atoms with E-state index in [0.29, 0.717) is 17.7 Å². The Kier molecular flexibility index (Phi) is 3.68. The molecule has 1 unspecified atom stereocenters. The van der Waals surface area contributed by atoms with Crippen LogP contribution >= 0.6 is 0 Å². The fourth-order valence-corrected chi connectivity index (χ4v) is 4.08. The highest BCUT2D eigenvalue weighted by molar-refractivity contribution is 6.00. The Morgan fingerprint density at radius 1 is 1.17 bits per heavy atom. The van der Waals surface area contributed by atoms with E-state index in [1.54, 1.807) is 0 Å².